The van der Waals surface area contributed by atoms with Crippen molar-refractivity contribution in [3.8, 4) is 11.1 Å². The molecule has 2 aromatic carbocycles. The molecule has 3 aromatic rings. The summed E-state index contributed by atoms with van der Waals surface area (Å²) in [6.07, 6.45) is 1.93. The van der Waals surface area contributed by atoms with Crippen LogP contribution in [0.1, 0.15) is 5.56 Å². The summed E-state index contributed by atoms with van der Waals surface area (Å²) in [5.74, 6) is 0. The van der Waals surface area contributed by atoms with Gasteiger partial charge in [0.05, 0.1) is 6.61 Å². The Kier molecular flexibility index (Phi) is 2.42. The molecule has 0 aliphatic rings. The van der Waals surface area contributed by atoms with E-state index in [0.717, 1.165) is 22.2 Å². The lowest BCUT2D eigenvalue weighted by Gasteiger charge is -2.07. The molecule has 0 spiro atoms. The van der Waals surface area contributed by atoms with Gasteiger partial charge in [0.25, 0.3) is 0 Å². The van der Waals surface area contributed by atoms with Crippen molar-refractivity contribution in [1.82, 2.24) is 4.98 Å². The third-order valence-electron chi connectivity index (χ3n) is 2.99. The van der Waals surface area contributed by atoms with Crippen LogP contribution >= 0.6 is 0 Å². The predicted octanol–water partition coefficient (Wildman–Crippen LogP) is 3.13. The molecule has 2 heteroatoms. The third-order valence-corrected chi connectivity index (χ3v) is 2.99. The Hall–Kier alpha value is -2.06. The molecule has 0 saturated heterocycles. The van der Waals surface area contributed by atoms with Crippen LogP contribution in [0.25, 0.3) is 22.0 Å². The van der Waals surface area contributed by atoms with Gasteiger partial charge in [0.2, 0.25) is 0 Å². The lowest BCUT2D eigenvalue weighted by atomic mass is 9.99. The topological polar surface area (TPSA) is 36.0 Å². The zero-order valence-electron chi connectivity index (χ0n) is 9.27. The molecule has 1 heterocycles. The quantitative estimate of drug-likeness (QED) is 0.686. The molecule has 0 bridgehead atoms. The first kappa shape index (κ1) is 10.1. The van der Waals surface area contributed by atoms with Gasteiger partial charge in [0, 0.05) is 11.7 Å². The maximum atomic E-state index is 9.33. The van der Waals surface area contributed by atoms with Gasteiger partial charge in [-0.05, 0) is 46.3 Å². The molecular weight excluding hydrogens is 210 g/mol. The van der Waals surface area contributed by atoms with Crippen LogP contribution in [0.15, 0.2) is 48.7 Å². The number of benzene rings is 2. The van der Waals surface area contributed by atoms with Crippen LogP contribution in [-0.4, -0.2) is 10.1 Å². The van der Waals surface area contributed by atoms with E-state index in [-0.39, 0.29) is 6.61 Å². The highest BCUT2D eigenvalue weighted by Gasteiger charge is 2.04. The number of hydrogen-bond acceptors (Lipinski definition) is 1. The van der Waals surface area contributed by atoms with Gasteiger partial charge in [-0.1, -0.05) is 24.3 Å². The second-order valence-corrected chi connectivity index (χ2v) is 4.02. The van der Waals surface area contributed by atoms with E-state index < -0.39 is 0 Å². The molecule has 0 amide bonds. The molecule has 1 radical (unpaired) electrons. The molecule has 2 nitrogen and oxygen atoms in total. The molecule has 3 rings (SSSR count). The van der Waals surface area contributed by atoms with Crippen molar-refractivity contribution in [2.24, 2.45) is 0 Å². The lowest BCUT2D eigenvalue weighted by Crippen LogP contribution is -1.88. The van der Waals surface area contributed by atoms with E-state index in [2.05, 4.69) is 29.2 Å². The van der Waals surface area contributed by atoms with Crippen LogP contribution < -0.4 is 0 Å². The Morgan fingerprint density at radius 1 is 1.18 bits per heavy atom. The Bertz CT molecular complexity index is 655. The molecule has 0 atom stereocenters. The van der Waals surface area contributed by atoms with E-state index in [1.807, 2.05) is 30.5 Å². The van der Waals surface area contributed by atoms with Crippen molar-refractivity contribution in [2.45, 2.75) is 6.61 Å². The van der Waals surface area contributed by atoms with Crippen molar-refractivity contribution >= 4 is 10.9 Å². The van der Waals surface area contributed by atoms with Crippen LogP contribution in [-0.2, 0) is 6.61 Å². The summed E-state index contributed by atoms with van der Waals surface area (Å²) in [4.78, 5) is 3.20. The minimum Gasteiger partial charge on any atom is -0.392 e. The zero-order chi connectivity index (χ0) is 11.7. The summed E-state index contributed by atoms with van der Waals surface area (Å²) >= 11 is 0. The first-order valence-electron chi connectivity index (χ1n) is 5.56. The number of aromatic nitrogens is 1. The van der Waals surface area contributed by atoms with Crippen molar-refractivity contribution < 1.29 is 5.11 Å². The summed E-state index contributed by atoms with van der Waals surface area (Å²) in [7, 11) is 0. The molecule has 0 aliphatic heterocycles. The second kappa shape index (κ2) is 4.07. The summed E-state index contributed by atoms with van der Waals surface area (Å²) in [6.45, 7) is 0.0371. The maximum Gasteiger partial charge on any atom is 0.0688 e. The Morgan fingerprint density at radius 3 is 3.00 bits per heavy atom. The maximum absolute atomic E-state index is 9.33. The van der Waals surface area contributed by atoms with Crippen LogP contribution in [0.4, 0.5) is 0 Å². The van der Waals surface area contributed by atoms with E-state index in [1.54, 1.807) is 0 Å². The van der Waals surface area contributed by atoms with E-state index in [9.17, 15) is 5.11 Å². The summed E-state index contributed by atoms with van der Waals surface area (Å²) in [5.41, 5.74) is 4.18. The average molecular weight is 222 g/mol. The van der Waals surface area contributed by atoms with Gasteiger partial charge in [-0.15, -0.1) is 0 Å². The third kappa shape index (κ3) is 1.73. The molecule has 2 N–H and O–H groups in total. The standard InChI is InChI=1S/C15H12NO/c17-10-13-3-1-2-4-14(13)12-6-5-11-7-8-16-15(11)9-12/h2-9,16-17H,10H2. The van der Waals surface area contributed by atoms with Crippen LogP contribution in [0.5, 0.6) is 0 Å². The second-order valence-electron chi connectivity index (χ2n) is 4.02. The molecule has 0 unspecified atom stereocenters. The average Bonchev–Trinajstić information content (AvgIpc) is 2.85. The van der Waals surface area contributed by atoms with Gasteiger partial charge >= 0.3 is 0 Å². The molecule has 0 aliphatic carbocycles. The van der Waals surface area contributed by atoms with Gasteiger partial charge in [-0.25, -0.2) is 0 Å². The van der Waals surface area contributed by atoms with Crippen LogP contribution in [0.2, 0.25) is 0 Å². The molecule has 0 saturated carbocycles. The Morgan fingerprint density at radius 2 is 2.12 bits per heavy atom. The number of aromatic amines is 1. The first-order chi connectivity index (χ1) is 8.38. The van der Waals surface area contributed by atoms with Gasteiger partial charge < -0.3 is 10.1 Å². The van der Waals surface area contributed by atoms with Crippen LogP contribution in [0, 0.1) is 6.07 Å². The fourth-order valence-corrected chi connectivity index (χ4v) is 2.09. The lowest BCUT2D eigenvalue weighted by molar-refractivity contribution is 0.282. The van der Waals surface area contributed by atoms with Gasteiger partial charge in [-0.2, -0.15) is 0 Å². The highest BCUT2D eigenvalue weighted by Crippen LogP contribution is 2.26. The molecule has 83 valence electrons. The van der Waals surface area contributed by atoms with E-state index in [4.69, 9.17) is 0 Å². The zero-order valence-corrected chi connectivity index (χ0v) is 9.27. The monoisotopic (exact) mass is 222 g/mol. The number of hydrogen-bond donors (Lipinski definition) is 2. The molecular formula is C15H12NO. The van der Waals surface area contributed by atoms with Crippen molar-refractivity contribution in [1.29, 1.82) is 0 Å². The molecule has 17 heavy (non-hydrogen) atoms. The van der Waals surface area contributed by atoms with E-state index >= 15 is 0 Å². The predicted molar refractivity (Wildman–Crippen MR) is 68.5 cm³/mol. The number of H-pyrrole nitrogens is 1. The Labute approximate surface area is 99.5 Å². The fourth-order valence-electron chi connectivity index (χ4n) is 2.09. The van der Waals surface area contributed by atoms with Gasteiger partial charge in [0.1, 0.15) is 0 Å². The van der Waals surface area contributed by atoms with E-state index in [1.165, 1.54) is 5.39 Å². The van der Waals surface area contributed by atoms with E-state index in [0.29, 0.717) is 0 Å². The number of aliphatic hydroxyl groups is 1. The highest BCUT2D eigenvalue weighted by atomic mass is 16.3. The van der Waals surface area contributed by atoms with Crippen molar-refractivity contribution in [2.75, 3.05) is 0 Å². The highest BCUT2D eigenvalue weighted by molar-refractivity contribution is 5.85. The van der Waals surface area contributed by atoms with Gasteiger partial charge in [0.15, 0.2) is 0 Å². The normalized spacial score (nSPS) is 10.9. The number of aliphatic hydroxyl groups excluding tert-OH is 1. The van der Waals surface area contributed by atoms with Crippen LogP contribution in [0.3, 0.4) is 0 Å². The SMILES string of the molecule is OCc1c[c]ccc1-c1ccc2cc[nH]c2c1. The number of nitrogens with one attached hydrogen (secondary N) is 1. The van der Waals surface area contributed by atoms with Crippen molar-refractivity contribution in [3.63, 3.8) is 0 Å². The Balaban J connectivity index is 2.19. The number of fused-ring (bicyclic) bond motifs is 1. The summed E-state index contributed by atoms with van der Waals surface area (Å²) in [6, 6.07) is 17.0. The largest absolute Gasteiger partial charge is 0.392 e. The minimum absolute atomic E-state index is 0.0371. The summed E-state index contributed by atoms with van der Waals surface area (Å²) in [5, 5.41) is 10.5. The smallest absolute Gasteiger partial charge is 0.0688 e. The molecule has 0 fully saturated rings. The minimum atomic E-state index is 0.0371. The first-order valence-corrected chi connectivity index (χ1v) is 5.56. The fraction of sp³-hybridized carbons (Fsp3) is 0.0667. The van der Waals surface area contributed by atoms with Crippen molar-refractivity contribution in [3.05, 3.63) is 60.3 Å². The van der Waals surface area contributed by atoms with Gasteiger partial charge in [-0.3, -0.25) is 0 Å². The summed E-state index contributed by atoms with van der Waals surface area (Å²) < 4.78 is 0. The molecule has 1 aromatic heterocycles. The number of rotatable bonds is 2.